The van der Waals surface area contributed by atoms with E-state index in [-0.39, 0.29) is 0 Å². The molecular formula is C18H19Cl2N3S. The first kappa shape index (κ1) is 17.3. The topological polar surface area (TPSA) is 27.3 Å². The summed E-state index contributed by atoms with van der Waals surface area (Å²) in [5.41, 5.74) is 2.93. The molecule has 0 aliphatic carbocycles. The fourth-order valence-corrected chi connectivity index (χ4v) is 3.47. The maximum absolute atomic E-state index is 6.14. The molecule has 0 spiro atoms. The molecule has 0 aromatic heterocycles. The fourth-order valence-electron chi connectivity index (χ4n) is 2.78. The summed E-state index contributed by atoms with van der Waals surface area (Å²) < 4.78 is 0. The summed E-state index contributed by atoms with van der Waals surface area (Å²) in [6.07, 6.45) is 3.88. The zero-order valence-corrected chi connectivity index (χ0v) is 15.5. The molecule has 0 unspecified atom stereocenters. The Balaban J connectivity index is 1.59. The van der Waals surface area contributed by atoms with E-state index in [4.69, 9.17) is 35.4 Å². The smallest absolute Gasteiger partial charge is 0.175 e. The van der Waals surface area contributed by atoms with E-state index in [0.717, 1.165) is 24.5 Å². The monoisotopic (exact) mass is 379 g/mol. The van der Waals surface area contributed by atoms with E-state index in [9.17, 15) is 0 Å². The molecule has 0 radical (unpaired) electrons. The molecule has 0 bridgehead atoms. The molecule has 2 aromatic carbocycles. The molecule has 1 saturated heterocycles. The minimum atomic E-state index is 0.491. The highest BCUT2D eigenvalue weighted by molar-refractivity contribution is 7.80. The lowest BCUT2D eigenvalue weighted by molar-refractivity contribution is 0.578. The van der Waals surface area contributed by atoms with E-state index in [0.29, 0.717) is 15.2 Å². The quantitative estimate of drug-likeness (QED) is 0.659. The number of halogens is 2. The average molecular weight is 380 g/mol. The van der Waals surface area contributed by atoms with Gasteiger partial charge in [-0.2, -0.15) is 0 Å². The summed E-state index contributed by atoms with van der Waals surface area (Å²) in [5.74, 6) is 0. The molecule has 0 amide bonds. The summed E-state index contributed by atoms with van der Waals surface area (Å²) in [6.45, 7) is 2.28. The minimum Gasteiger partial charge on any atom is -0.372 e. The predicted octanol–water partition coefficient (Wildman–Crippen LogP) is 5.79. The molecule has 0 saturated carbocycles. The van der Waals surface area contributed by atoms with Gasteiger partial charge in [0, 0.05) is 29.5 Å². The Hall–Kier alpha value is -1.49. The van der Waals surface area contributed by atoms with Crippen LogP contribution in [0.2, 0.25) is 10.0 Å². The van der Waals surface area contributed by atoms with Gasteiger partial charge in [0.25, 0.3) is 0 Å². The normalized spacial score (nSPS) is 14.3. The molecule has 0 atom stereocenters. The largest absolute Gasteiger partial charge is 0.372 e. The van der Waals surface area contributed by atoms with Gasteiger partial charge in [-0.15, -0.1) is 0 Å². The van der Waals surface area contributed by atoms with E-state index in [1.807, 2.05) is 12.1 Å². The fraction of sp³-hybridized carbons (Fsp3) is 0.278. The first-order valence-corrected chi connectivity index (χ1v) is 9.16. The third-order valence-electron chi connectivity index (χ3n) is 4.03. The van der Waals surface area contributed by atoms with E-state index >= 15 is 0 Å². The molecule has 24 heavy (non-hydrogen) atoms. The van der Waals surface area contributed by atoms with Gasteiger partial charge in [-0.25, -0.2) is 0 Å². The van der Waals surface area contributed by atoms with Crippen LogP contribution in [0.4, 0.5) is 17.1 Å². The average Bonchev–Trinajstić information content (AvgIpc) is 2.59. The summed E-state index contributed by atoms with van der Waals surface area (Å²) >= 11 is 17.4. The van der Waals surface area contributed by atoms with Crippen LogP contribution in [0.1, 0.15) is 19.3 Å². The van der Waals surface area contributed by atoms with Crippen molar-refractivity contribution in [2.45, 2.75) is 19.3 Å². The third-order valence-corrected chi connectivity index (χ3v) is 4.78. The molecule has 1 fully saturated rings. The summed E-state index contributed by atoms with van der Waals surface area (Å²) in [5, 5.41) is 7.88. The number of nitrogens with zero attached hydrogens (tertiary/aromatic N) is 1. The molecule has 1 aliphatic heterocycles. The van der Waals surface area contributed by atoms with E-state index < -0.39 is 0 Å². The van der Waals surface area contributed by atoms with Crippen LogP contribution in [0.5, 0.6) is 0 Å². The minimum absolute atomic E-state index is 0.491. The van der Waals surface area contributed by atoms with Crippen molar-refractivity contribution < 1.29 is 0 Å². The van der Waals surface area contributed by atoms with E-state index in [2.05, 4.69) is 27.7 Å². The number of hydrogen-bond donors (Lipinski definition) is 2. The number of piperidine rings is 1. The molecule has 2 aromatic rings. The van der Waals surface area contributed by atoms with Crippen molar-refractivity contribution in [1.82, 2.24) is 0 Å². The van der Waals surface area contributed by atoms with Crippen LogP contribution >= 0.6 is 35.4 Å². The van der Waals surface area contributed by atoms with Crippen LogP contribution in [-0.4, -0.2) is 18.2 Å². The van der Waals surface area contributed by atoms with Gasteiger partial charge < -0.3 is 15.5 Å². The van der Waals surface area contributed by atoms with Crippen LogP contribution in [0.25, 0.3) is 0 Å². The van der Waals surface area contributed by atoms with Gasteiger partial charge in [0.2, 0.25) is 0 Å². The molecule has 126 valence electrons. The SMILES string of the molecule is S=C(Nc1ccc(N2CCCCC2)cc1)Nc1ccc(Cl)cc1Cl. The van der Waals surface area contributed by atoms with Gasteiger partial charge in [0.1, 0.15) is 0 Å². The van der Waals surface area contributed by atoms with Gasteiger partial charge in [0.15, 0.2) is 5.11 Å². The predicted molar refractivity (Wildman–Crippen MR) is 109 cm³/mol. The number of anilines is 3. The highest BCUT2D eigenvalue weighted by Gasteiger charge is 2.10. The first-order chi connectivity index (χ1) is 11.6. The molecule has 3 rings (SSSR count). The molecule has 1 heterocycles. The highest BCUT2D eigenvalue weighted by atomic mass is 35.5. The number of hydrogen-bond acceptors (Lipinski definition) is 2. The zero-order valence-electron chi connectivity index (χ0n) is 13.2. The summed E-state index contributed by atoms with van der Waals surface area (Å²) in [7, 11) is 0. The molecule has 2 N–H and O–H groups in total. The van der Waals surface area contributed by atoms with Crippen LogP contribution in [0, 0.1) is 0 Å². The third kappa shape index (κ3) is 4.53. The van der Waals surface area contributed by atoms with Crippen LogP contribution in [-0.2, 0) is 0 Å². The van der Waals surface area contributed by atoms with Crippen molar-refractivity contribution in [3.63, 3.8) is 0 Å². The highest BCUT2D eigenvalue weighted by Crippen LogP contribution is 2.26. The van der Waals surface area contributed by atoms with E-state index in [1.54, 1.807) is 18.2 Å². The second-order valence-electron chi connectivity index (χ2n) is 5.80. The Kier molecular flexibility index (Phi) is 5.82. The van der Waals surface area contributed by atoms with Gasteiger partial charge >= 0.3 is 0 Å². The Bertz CT molecular complexity index is 713. The second-order valence-corrected chi connectivity index (χ2v) is 7.05. The van der Waals surface area contributed by atoms with Crippen molar-refractivity contribution in [3.05, 3.63) is 52.5 Å². The van der Waals surface area contributed by atoms with Crippen molar-refractivity contribution in [3.8, 4) is 0 Å². The second kappa shape index (κ2) is 8.06. The standard InChI is InChI=1S/C18H19Cl2N3S/c19-13-4-9-17(16(20)12-13)22-18(24)21-14-5-7-15(8-6-14)23-10-2-1-3-11-23/h4-9,12H,1-3,10-11H2,(H2,21,22,24). The maximum Gasteiger partial charge on any atom is 0.175 e. The maximum atomic E-state index is 6.14. The number of thiocarbonyl (C=S) groups is 1. The molecular weight excluding hydrogens is 361 g/mol. The lowest BCUT2D eigenvalue weighted by Gasteiger charge is -2.28. The summed E-state index contributed by atoms with van der Waals surface area (Å²) in [6, 6.07) is 13.6. The van der Waals surface area contributed by atoms with Gasteiger partial charge in [-0.05, 0) is 73.9 Å². The van der Waals surface area contributed by atoms with Crippen LogP contribution < -0.4 is 15.5 Å². The lowest BCUT2D eigenvalue weighted by Crippen LogP contribution is -2.29. The molecule has 6 heteroatoms. The Morgan fingerprint density at radius 1 is 0.917 bits per heavy atom. The Labute approximate surface area is 157 Å². The first-order valence-electron chi connectivity index (χ1n) is 8.00. The van der Waals surface area contributed by atoms with Crippen molar-refractivity contribution >= 4 is 57.6 Å². The Morgan fingerprint density at radius 2 is 1.62 bits per heavy atom. The van der Waals surface area contributed by atoms with E-state index in [1.165, 1.54) is 24.9 Å². The van der Waals surface area contributed by atoms with Gasteiger partial charge in [-0.1, -0.05) is 23.2 Å². The zero-order chi connectivity index (χ0) is 16.9. The van der Waals surface area contributed by atoms with Crippen LogP contribution in [0.3, 0.4) is 0 Å². The number of nitrogens with one attached hydrogen (secondary N) is 2. The number of benzene rings is 2. The van der Waals surface area contributed by atoms with Crippen LogP contribution in [0.15, 0.2) is 42.5 Å². The molecule has 1 aliphatic rings. The van der Waals surface area contributed by atoms with Crippen molar-refractivity contribution in [2.75, 3.05) is 28.6 Å². The number of rotatable bonds is 3. The molecule has 3 nitrogen and oxygen atoms in total. The van der Waals surface area contributed by atoms with Crippen molar-refractivity contribution in [1.29, 1.82) is 0 Å². The van der Waals surface area contributed by atoms with Crippen molar-refractivity contribution in [2.24, 2.45) is 0 Å². The summed E-state index contributed by atoms with van der Waals surface area (Å²) in [4.78, 5) is 2.43. The van der Waals surface area contributed by atoms with Gasteiger partial charge in [0.05, 0.1) is 10.7 Å². The lowest BCUT2D eigenvalue weighted by atomic mass is 10.1. The Morgan fingerprint density at radius 3 is 2.29 bits per heavy atom. The van der Waals surface area contributed by atoms with Gasteiger partial charge in [-0.3, -0.25) is 0 Å².